The topological polar surface area (TPSA) is 174 Å². The third kappa shape index (κ3) is 7.78. The van der Waals surface area contributed by atoms with Gasteiger partial charge in [0.1, 0.15) is 12.7 Å². The first-order chi connectivity index (χ1) is 20.3. The van der Waals surface area contributed by atoms with Gasteiger partial charge in [-0.2, -0.15) is 4.98 Å². The molecule has 222 valence electrons. The van der Waals surface area contributed by atoms with Crippen molar-refractivity contribution in [2.45, 2.75) is 39.2 Å². The molecule has 1 aliphatic rings. The summed E-state index contributed by atoms with van der Waals surface area (Å²) in [5.41, 5.74) is 9.81. The molecular weight excluding hydrogens is 538 g/mol. The maximum atomic E-state index is 12.5. The summed E-state index contributed by atoms with van der Waals surface area (Å²) in [5, 5.41) is 20.5. The second-order valence-corrected chi connectivity index (χ2v) is 10.5. The Morgan fingerprint density at radius 1 is 1.10 bits per heavy atom. The molecule has 0 atom stereocenters. The maximum absolute atomic E-state index is 12.5. The second kappa shape index (κ2) is 14.4. The number of hydrogen-bond donors (Lipinski definition) is 4. The molecule has 0 unspecified atom stereocenters. The third-order valence-electron chi connectivity index (χ3n) is 7.76. The fourth-order valence-corrected chi connectivity index (χ4v) is 5.15. The van der Waals surface area contributed by atoms with Gasteiger partial charge in [-0.25, -0.2) is 4.98 Å². The molecule has 5 N–H and O–H groups in total. The first-order valence-electron chi connectivity index (χ1n) is 14.0. The summed E-state index contributed by atoms with van der Waals surface area (Å²) >= 11 is 0. The van der Waals surface area contributed by atoms with E-state index in [1.54, 1.807) is 18.2 Å². The van der Waals surface area contributed by atoms with Crippen LogP contribution in [0.15, 0.2) is 48.7 Å². The van der Waals surface area contributed by atoms with Gasteiger partial charge in [-0.1, -0.05) is 30.3 Å². The van der Waals surface area contributed by atoms with E-state index in [9.17, 15) is 19.7 Å². The lowest BCUT2D eigenvalue weighted by atomic mass is 9.82. The smallest absolute Gasteiger partial charge is 0.329 e. The van der Waals surface area contributed by atoms with E-state index in [1.165, 1.54) is 13.3 Å². The van der Waals surface area contributed by atoms with Gasteiger partial charge >= 0.3 is 11.7 Å². The number of carbonyl (C=O) groups is 2. The second-order valence-electron chi connectivity index (χ2n) is 10.5. The largest absolute Gasteiger partial charge is 0.468 e. The van der Waals surface area contributed by atoms with Gasteiger partial charge in [0.2, 0.25) is 11.8 Å². The van der Waals surface area contributed by atoms with Gasteiger partial charge in [-0.05, 0) is 85.4 Å². The Bertz CT molecular complexity index is 1420. The van der Waals surface area contributed by atoms with Crippen molar-refractivity contribution in [3.05, 3.63) is 75.5 Å². The molecule has 2 aromatic carbocycles. The summed E-state index contributed by atoms with van der Waals surface area (Å²) in [6, 6.07) is 13.0. The van der Waals surface area contributed by atoms with Gasteiger partial charge in [0, 0.05) is 18.7 Å². The van der Waals surface area contributed by atoms with Crippen LogP contribution >= 0.6 is 0 Å². The van der Waals surface area contributed by atoms with E-state index >= 15 is 0 Å². The minimum absolute atomic E-state index is 0.162. The van der Waals surface area contributed by atoms with E-state index in [2.05, 4.69) is 30.7 Å². The SMILES string of the molecule is COC(=O)CNC(=O)c1cccc(-c2cccc(CNc3ncc([N+](=O)[O-])c(NCC4CCC(CN)CC4)n3)c2C)c1. The number of anilines is 2. The highest BCUT2D eigenvalue weighted by atomic mass is 16.6. The maximum Gasteiger partial charge on any atom is 0.329 e. The number of nitro groups is 1. The Morgan fingerprint density at radius 3 is 2.55 bits per heavy atom. The number of carbonyl (C=O) groups excluding carboxylic acids is 2. The van der Waals surface area contributed by atoms with Crippen molar-refractivity contribution in [2.75, 3.05) is 37.4 Å². The quantitative estimate of drug-likeness (QED) is 0.140. The zero-order valence-corrected chi connectivity index (χ0v) is 23.9. The molecule has 12 heteroatoms. The number of nitrogens with zero attached hydrogens (tertiary/aromatic N) is 3. The number of hydrogen-bond acceptors (Lipinski definition) is 10. The van der Waals surface area contributed by atoms with Crippen molar-refractivity contribution in [3.8, 4) is 11.1 Å². The van der Waals surface area contributed by atoms with Gasteiger partial charge in [-0.15, -0.1) is 0 Å². The van der Waals surface area contributed by atoms with Crippen molar-refractivity contribution < 1.29 is 19.2 Å². The van der Waals surface area contributed by atoms with Gasteiger partial charge < -0.3 is 26.4 Å². The van der Waals surface area contributed by atoms with Crippen LogP contribution in [0.4, 0.5) is 17.5 Å². The van der Waals surface area contributed by atoms with Crippen LogP contribution in [0.25, 0.3) is 11.1 Å². The summed E-state index contributed by atoms with van der Waals surface area (Å²) in [5.74, 6) is 0.562. The summed E-state index contributed by atoms with van der Waals surface area (Å²) in [4.78, 5) is 43.6. The van der Waals surface area contributed by atoms with Crippen LogP contribution in [0.3, 0.4) is 0 Å². The van der Waals surface area contributed by atoms with E-state index in [0.29, 0.717) is 37.0 Å². The summed E-state index contributed by atoms with van der Waals surface area (Å²) in [6.07, 6.45) is 5.45. The minimum Gasteiger partial charge on any atom is -0.468 e. The number of rotatable bonds is 12. The Balaban J connectivity index is 1.44. The van der Waals surface area contributed by atoms with Crippen LogP contribution in [0.2, 0.25) is 0 Å². The van der Waals surface area contributed by atoms with Gasteiger partial charge in [0.05, 0.1) is 12.0 Å². The first kappa shape index (κ1) is 30.4. The average molecular weight is 576 g/mol. The van der Waals surface area contributed by atoms with Crippen LogP contribution in [0, 0.1) is 28.9 Å². The minimum atomic E-state index is -0.527. The molecule has 12 nitrogen and oxygen atoms in total. The molecule has 0 aliphatic heterocycles. The van der Waals surface area contributed by atoms with Crippen molar-refractivity contribution >= 4 is 29.3 Å². The molecule has 1 aliphatic carbocycles. The fourth-order valence-electron chi connectivity index (χ4n) is 5.15. The number of esters is 1. The number of aromatic nitrogens is 2. The molecule has 3 aromatic rings. The molecule has 1 saturated carbocycles. The van der Waals surface area contributed by atoms with Gasteiger partial charge in [-0.3, -0.25) is 19.7 Å². The van der Waals surface area contributed by atoms with E-state index < -0.39 is 10.9 Å². The number of amides is 1. The Labute approximate surface area is 244 Å². The molecule has 1 amide bonds. The molecule has 42 heavy (non-hydrogen) atoms. The van der Waals surface area contributed by atoms with E-state index in [0.717, 1.165) is 47.9 Å². The number of ether oxygens (including phenoxy) is 1. The van der Waals surface area contributed by atoms with Crippen molar-refractivity contribution in [2.24, 2.45) is 17.6 Å². The predicted octanol–water partition coefficient (Wildman–Crippen LogP) is 4.05. The van der Waals surface area contributed by atoms with Gasteiger partial charge in [0.25, 0.3) is 5.91 Å². The zero-order valence-electron chi connectivity index (χ0n) is 23.9. The molecule has 4 rings (SSSR count). The highest BCUT2D eigenvalue weighted by molar-refractivity contribution is 5.97. The number of benzene rings is 2. The summed E-state index contributed by atoms with van der Waals surface area (Å²) < 4.78 is 4.57. The summed E-state index contributed by atoms with van der Waals surface area (Å²) in [6.45, 7) is 3.47. The van der Waals surface area contributed by atoms with Crippen LogP contribution < -0.4 is 21.7 Å². The lowest BCUT2D eigenvalue weighted by Gasteiger charge is -2.27. The van der Waals surface area contributed by atoms with Crippen LogP contribution in [-0.4, -0.2) is 53.5 Å². The monoisotopic (exact) mass is 575 g/mol. The zero-order chi connectivity index (χ0) is 30.1. The molecular formula is C30H37N7O5. The van der Waals surface area contributed by atoms with Crippen molar-refractivity contribution in [1.82, 2.24) is 15.3 Å². The van der Waals surface area contributed by atoms with E-state index in [-0.39, 0.29) is 29.9 Å². The van der Waals surface area contributed by atoms with Crippen LogP contribution in [0.1, 0.15) is 47.2 Å². The molecule has 1 heterocycles. The number of nitrogens with one attached hydrogen (secondary N) is 3. The Hall–Kier alpha value is -4.58. The standard InChI is InChI=1S/C30H37N7O5/c1-19-24(7-4-8-25(19)22-5-3-6-23(13-22)29(39)33-18-27(38)42-2)16-34-30-35-17-26(37(40)41)28(36-30)32-15-21-11-9-20(14-31)10-12-21/h3-8,13,17,20-21H,9-12,14-16,18,31H2,1-2H3,(H,33,39)(H2,32,34,35,36). The van der Waals surface area contributed by atoms with Gasteiger partial charge in [0.15, 0.2) is 0 Å². The van der Waals surface area contributed by atoms with E-state index in [1.807, 2.05) is 31.2 Å². The Morgan fingerprint density at radius 2 is 1.83 bits per heavy atom. The molecule has 1 aromatic heterocycles. The van der Waals surface area contributed by atoms with E-state index in [4.69, 9.17) is 5.73 Å². The highest BCUT2D eigenvalue weighted by Crippen LogP contribution is 2.30. The summed E-state index contributed by atoms with van der Waals surface area (Å²) in [7, 11) is 1.26. The Kier molecular flexibility index (Phi) is 10.4. The highest BCUT2D eigenvalue weighted by Gasteiger charge is 2.23. The molecule has 0 radical (unpaired) electrons. The fraction of sp³-hybridized carbons (Fsp3) is 0.400. The normalized spacial score (nSPS) is 16.4. The molecule has 0 bridgehead atoms. The van der Waals surface area contributed by atoms with Crippen molar-refractivity contribution in [1.29, 1.82) is 0 Å². The van der Waals surface area contributed by atoms with Crippen LogP contribution in [-0.2, 0) is 16.1 Å². The average Bonchev–Trinajstić information content (AvgIpc) is 3.02. The molecule has 0 spiro atoms. The number of methoxy groups -OCH3 is 1. The number of nitrogens with two attached hydrogens (primary N) is 1. The lowest BCUT2D eigenvalue weighted by molar-refractivity contribution is -0.384. The predicted molar refractivity (Wildman–Crippen MR) is 160 cm³/mol. The molecule has 1 fully saturated rings. The third-order valence-corrected chi connectivity index (χ3v) is 7.76. The molecule has 0 saturated heterocycles. The first-order valence-corrected chi connectivity index (χ1v) is 14.0. The van der Waals surface area contributed by atoms with Crippen molar-refractivity contribution in [3.63, 3.8) is 0 Å². The van der Waals surface area contributed by atoms with Crippen LogP contribution in [0.5, 0.6) is 0 Å². The lowest BCUT2D eigenvalue weighted by Crippen LogP contribution is -2.30.